The molecule has 2 heterocycles. The van der Waals surface area contributed by atoms with Crippen LogP contribution in [-0.4, -0.2) is 99.6 Å². The Morgan fingerprint density at radius 1 is 1.05 bits per heavy atom. The molecule has 3 amide bonds. The molecule has 0 aliphatic carbocycles. The number of hydrogen-bond acceptors (Lipinski definition) is 13. The molecule has 300 valence electrons. The van der Waals surface area contributed by atoms with Crippen LogP contribution < -0.4 is 25.8 Å². The molecule has 2 aromatic carbocycles. The van der Waals surface area contributed by atoms with E-state index in [1.54, 1.807) is 62.2 Å². The number of methoxy groups -OCH3 is 2. The summed E-state index contributed by atoms with van der Waals surface area (Å²) < 4.78 is 25.0. The number of anilines is 2. The summed E-state index contributed by atoms with van der Waals surface area (Å²) >= 11 is 0. The predicted octanol–water partition coefficient (Wildman–Crippen LogP) is 4.92. The van der Waals surface area contributed by atoms with E-state index in [9.17, 15) is 29.3 Å². The number of imidazole rings is 1. The van der Waals surface area contributed by atoms with Crippen molar-refractivity contribution in [3.8, 4) is 11.5 Å². The van der Waals surface area contributed by atoms with E-state index in [1.807, 2.05) is 6.92 Å². The number of benzene rings is 2. The SMILES string of the molecule is CCn1nc(C)cc1C(=O)Nc1nc2cc(C(=O)OC)cc(OC)c2n1CC=CCNc1c(OCCCN(C)C(=O)OC(C)(C)C)cc(C(N)=O)cc1[N+](=O)[O-]. The Labute approximate surface area is 322 Å². The number of amides is 3. The average Bonchev–Trinajstić information content (AvgIpc) is 3.70. The summed E-state index contributed by atoms with van der Waals surface area (Å²) in [6.07, 6.45) is 3.24. The second-order valence-electron chi connectivity index (χ2n) is 13.5. The summed E-state index contributed by atoms with van der Waals surface area (Å²) in [5.74, 6) is -1.49. The lowest BCUT2D eigenvalue weighted by molar-refractivity contribution is -0.384. The Kier molecular flexibility index (Phi) is 13.6. The maximum Gasteiger partial charge on any atom is 0.410 e. The van der Waals surface area contributed by atoms with Crippen LogP contribution in [0.15, 0.2) is 42.5 Å². The first-order valence-electron chi connectivity index (χ1n) is 17.6. The molecule has 4 rings (SSSR count). The molecule has 56 heavy (non-hydrogen) atoms. The van der Waals surface area contributed by atoms with Crippen LogP contribution in [0.4, 0.5) is 22.1 Å². The van der Waals surface area contributed by atoms with Crippen LogP contribution in [0.3, 0.4) is 0 Å². The minimum absolute atomic E-state index is 0.00557. The molecule has 0 saturated heterocycles. The summed E-state index contributed by atoms with van der Waals surface area (Å²) in [6.45, 7) is 9.86. The third-order valence-electron chi connectivity index (χ3n) is 8.12. The lowest BCUT2D eigenvalue weighted by Crippen LogP contribution is -2.35. The zero-order chi connectivity index (χ0) is 41.3. The number of aromatic nitrogens is 4. The summed E-state index contributed by atoms with van der Waals surface area (Å²) in [5.41, 5.74) is 6.24. The lowest BCUT2D eigenvalue weighted by Gasteiger charge is -2.24. The molecule has 0 saturated carbocycles. The molecular weight excluding hydrogens is 730 g/mol. The first-order valence-corrected chi connectivity index (χ1v) is 17.6. The number of allylic oxidation sites excluding steroid dienone is 1. The monoisotopic (exact) mass is 777 g/mol. The summed E-state index contributed by atoms with van der Waals surface area (Å²) in [5, 5.41) is 22.3. The third-order valence-corrected chi connectivity index (χ3v) is 8.12. The molecule has 4 N–H and O–H groups in total. The van der Waals surface area contributed by atoms with E-state index >= 15 is 0 Å². The maximum absolute atomic E-state index is 13.5. The highest BCUT2D eigenvalue weighted by molar-refractivity contribution is 6.04. The number of esters is 1. The van der Waals surface area contributed by atoms with Gasteiger partial charge in [-0.15, -0.1) is 0 Å². The van der Waals surface area contributed by atoms with Crippen LogP contribution in [0.1, 0.15) is 71.0 Å². The van der Waals surface area contributed by atoms with Crippen LogP contribution in [0, 0.1) is 17.0 Å². The van der Waals surface area contributed by atoms with Crippen LogP contribution in [0.2, 0.25) is 0 Å². The van der Waals surface area contributed by atoms with E-state index < -0.39 is 40.1 Å². The van der Waals surface area contributed by atoms with Crippen molar-refractivity contribution in [2.24, 2.45) is 5.73 Å². The number of nitro groups is 1. The number of nitrogens with one attached hydrogen (secondary N) is 2. The lowest BCUT2D eigenvalue weighted by atomic mass is 10.1. The second-order valence-corrected chi connectivity index (χ2v) is 13.5. The smallest absolute Gasteiger partial charge is 0.410 e. The molecule has 19 nitrogen and oxygen atoms in total. The number of hydrogen-bond donors (Lipinski definition) is 3. The quantitative estimate of drug-likeness (QED) is 0.0425. The fourth-order valence-corrected chi connectivity index (χ4v) is 5.55. The number of rotatable bonds is 17. The minimum atomic E-state index is -0.882. The molecule has 0 atom stereocenters. The fourth-order valence-electron chi connectivity index (χ4n) is 5.55. The maximum atomic E-state index is 13.5. The Balaban J connectivity index is 1.59. The van der Waals surface area contributed by atoms with Gasteiger partial charge in [-0.1, -0.05) is 12.2 Å². The Bertz CT molecular complexity index is 2150. The highest BCUT2D eigenvalue weighted by Crippen LogP contribution is 2.36. The van der Waals surface area contributed by atoms with Gasteiger partial charge < -0.3 is 39.5 Å². The van der Waals surface area contributed by atoms with E-state index in [4.69, 9.17) is 24.7 Å². The van der Waals surface area contributed by atoms with Crippen LogP contribution in [0.5, 0.6) is 11.5 Å². The summed E-state index contributed by atoms with van der Waals surface area (Å²) in [6, 6.07) is 7.05. The summed E-state index contributed by atoms with van der Waals surface area (Å²) in [7, 11) is 4.27. The van der Waals surface area contributed by atoms with E-state index in [-0.39, 0.29) is 54.8 Å². The molecule has 2 aromatic heterocycles. The number of carbonyl (C=O) groups is 4. The van der Waals surface area contributed by atoms with Crippen molar-refractivity contribution in [2.45, 2.75) is 59.7 Å². The van der Waals surface area contributed by atoms with Gasteiger partial charge in [-0.05, 0) is 65.3 Å². The van der Waals surface area contributed by atoms with Gasteiger partial charge in [0, 0.05) is 44.9 Å². The Morgan fingerprint density at radius 2 is 1.77 bits per heavy atom. The fraction of sp³-hybridized carbons (Fsp3) is 0.405. The van der Waals surface area contributed by atoms with Crippen molar-refractivity contribution in [1.29, 1.82) is 0 Å². The highest BCUT2D eigenvalue weighted by Gasteiger charge is 2.25. The number of aryl methyl sites for hydroxylation is 2. The molecule has 0 unspecified atom stereocenters. The molecule has 0 aliphatic heterocycles. The molecule has 0 spiro atoms. The highest BCUT2D eigenvalue weighted by atomic mass is 16.6. The first-order chi connectivity index (χ1) is 26.5. The Hall–Kier alpha value is -6.66. The normalized spacial score (nSPS) is 11.4. The van der Waals surface area contributed by atoms with Gasteiger partial charge in [-0.25, -0.2) is 14.6 Å². The van der Waals surface area contributed by atoms with Crippen molar-refractivity contribution in [2.75, 3.05) is 51.6 Å². The zero-order valence-electron chi connectivity index (χ0n) is 32.6. The van der Waals surface area contributed by atoms with E-state index in [2.05, 4.69) is 20.7 Å². The van der Waals surface area contributed by atoms with Crippen molar-refractivity contribution in [3.63, 3.8) is 0 Å². The van der Waals surface area contributed by atoms with Gasteiger partial charge >= 0.3 is 12.1 Å². The molecular formula is C37H47N9O10. The largest absolute Gasteiger partial charge is 0.494 e. The number of carbonyl (C=O) groups excluding carboxylic acids is 4. The van der Waals surface area contributed by atoms with E-state index in [1.165, 1.54) is 37.3 Å². The van der Waals surface area contributed by atoms with Crippen molar-refractivity contribution >= 4 is 52.2 Å². The van der Waals surface area contributed by atoms with E-state index in [0.717, 1.165) is 6.07 Å². The van der Waals surface area contributed by atoms with Crippen LogP contribution in [-0.2, 0) is 22.6 Å². The number of nitrogens with zero attached hydrogens (tertiary/aromatic N) is 6. The van der Waals surface area contributed by atoms with Crippen LogP contribution >= 0.6 is 0 Å². The van der Waals surface area contributed by atoms with E-state index in [0.29, 0.717) is 41.1 Å². The van der Waals surface area contributed by atoms with Gasteiger partial charge in [0.2, 0.25) is 11.9 Å². The standard InChI is InChI=1S/C37H47N9O10/c1-9-45-27(17-22(2)42-45)33(48)41-35-40-25-18-24(34(49)54-8)21-29(53-7)31(25)44(35)15-11-10-13-39-30-26(46(51)52)19-23(32(38)47)20-28(30)55-16-12-14-43(6)36(50)56-37(3,4)5/h10-11,17-21,39H,9,12-16H2,1-8H3,(H2,38,47)(H,40,41,48). The molecule has 0 fully saturated rings. The van der Waals surface area contributed by atoms with Gasteiger partial charge in [-0.3, -0.25) is 29.7 Å². The topological polar surface area (TPSA) is 237 Å². The predicted molar refractivity (Wildman–Crippen MR) is 206 cm³/mol. The first kappa shape index (κ1) is 42.1. The van der Waals surface area contributed by atoms with Gasteiger partial charge in [0.15, 0.2) is 5.69 Å². The van der Waals surface area contributed by atoms with Crippen molar-refractivity contribution in [1.82, 2.24) is 24.2 Å². The zero-order valence-corrected chi connectivity index (χ0v) is 32.6. The second kappa shape index (κ2) is 18.1. The molecule has 0 radical (unpaired) electrons. The molecule has 0 aliphatic rings. The molecule has 4 aromatic rings. The molecule has 0 bridgehead atoms. The number of ether oxygens (including phenoxy) is 4. The Morgan fingerprint density at radius 3 is 2.39 bits per heavy atom. The number of fused-ring (bicyclic) bond motifs is 1. The molecule has 19 heteroatoms. The number of nitro benzene ring substituents is 1. The van der Waals surface area contributed by atoms with Gasteiger partial charge in [0.1, 0.15) is 28.3 Å². The summed E-state index contributed by atoms with van der Waals surface area (Å²) in [4.78, 5) is 67.7. The minimum Gasteiger partial charge on any atom is -0.494 e. The average molecular weight is 778 g/mol. The van der Waals surface area contributed by atoms with Gasteiger partial charge in [-0.2, -0.15) is 5.10 Å². The number of primary amides is 1. The van der Waals surface area contributed by atoms with Gasteiger partial charge in [0.05, 0.1) is 42.5 Å². The van der Waals surface area contributed by atoms with Crippen LogP contribution in [0.25, 0.3) is 11.0 Å². The third kappa shape index (κ3) is 10.3. The van der Waals surface area contributed by atoms with Crippen molar-refractivity contribution in [3.05, 3.63) is 75.1 Å². The number of nitrogens with two attached hydrogens (primary N) is 1. The van der Waals surface area contributed by atoms with Gasteiger partial charge in [0.25, 0.3) is 11.6 Å². The van der Waals surface area contributed by atoms with Crippen molar-refractivity contribution < 1.29 is 43.0 Å².